The van der Waals surface area contributed by atoms with Crippen molar-refractivity contribution < 1.29 is 9.50 Å². The summed E-state index contributed by atoms with van der Waals surface area (Å²) in [5.74, 6) is 0.976. The number of nitrogens with one attached hydrogen (secondary N) is 2. The SMILES string of the molecule is [B-][N+]12CCC(CC1)C(O)(CNC(=S)Nc1nc3ccccc3n1C)C2. The fraction of sp³-hybridized carbons (Fsp3) is 0.529. The van der Waals surface area contributed by atoms with Gasteiger partial charge in [-0.1, -0.05) is 12.1 Å². The molecular weight excluding hydrogens is 333 g/mol. The maximum absolute atomic E-state index is 11.0. The molecule has 0 aliphatic carbocycles. The van der Waals surface area contributed by atoms with Crippen molar-refractivity contribution in [2.24, 2.45) is 13.0 Å². The maximum atomic E-state index is 11.0. The molecule has 3 fully saturated rings. The van der Waals surface area contributed by atoms with Crippen LogP contribution in [0.5, 0.6) is 0 Å². The zero-order valence-corrected chi connectivity index (χ0v) is 15.2. The van der Waals surface area contributed by atoms with Crippen LogP contribution < -0.4 is 10.6 Å². The summed E-state index contributed by atoms with van der Waals surface area (Å²) < 4.78 is 2.44. The minimum Gasteiger partial charge on any atom is -0.586 e. The molecule has 1 aromatic carbocycles. The van der Waals surface area contributed by atoms with Crippen molar-refractivity contribution in [1.82, 2.24) is 14.9 Å². The lowest BCUT2D eigenvalue weighted by atomic mass is 9.72. The quantitative estimate of drug-likeness (QED) is 0.564. The van der Waals surface area contributed by atoms with Crippen molar-refractivity contribution in [1.29, 1.82) is 0 Å². The first-order valence-electron chi connectivity index (χ1n) is 8.72. The molecule has 2 aromatic rings. The molecule has 1 unspecified atom stereocenters. The minimum atomic E-state index is -0.802. The molecule has 3 N–H and O–H groups in total. The van der Waals surface area contributed by atoms with E-state index in [0.29, 0.717) is 34.5 Å². The van der Waals surface area contributed by atoms with Crippen molar-refractivity contribution in [3.63, 3.8) is 0 Å². The lowest BCUT2D eigenvalue weighted by Crippen LogP contribution is -2.70. The van der Waals surface area contributed by atoms with Gasteiger partial charge in [-0.2, -0.15) is 0 Å². The first-order valence-corrected chi connectivity index (χ1v) is 9.13. The first kappa shape index (κ1) is 16.8. The van der Waals surface area contributed by atoms with Crippen molar-refractivity contribution in [2.45, 2.75) is 18.4 Å². The highest BCUT2D eigenvalue weighted by Crippen LogP contribution is 2.38. The third-order valence-electron chi connectivity index (χ3n) is 5.76. The largest absolute Gasteiger partial charge is 0.586 e. The molecule has 2 bridgehead atoms. The van der Waals surface area contributed by atoms with Gasteiger partial charge in [-0.15, -0.1) is 0 Å². The van der Waals surface area contributed by atoms with E-state index < -0.39 is 5.60 Å². The number of benzene rings is 1. The Morgan fingerprint density at radius 2 is 2.16 bits per heavy atom. The number of hydrogen-bond donors (Lipinski definition) is 3. The van der Waals surface area contributed by atoms with Gasteiger partial charge in [0.25, 0.3) is 0 Å². The van der Waals surface area contributed by atoms with Gasteiger partial charge < -0.3 is 24.7 Å². The number of nitrogens with zero attached hydrogens (tertiary/aromatic N) is 3. The van der Waals surface area contributed by atoms with E-state index in [4.69, 9.17) is 20.2 Å². The summed E-state index contributed by atoms with van der Waals surface area (Å²) in [6.07, 6.45) is 1.94. The number of aromatic nitrogens is 2. The zero-order chi connectivity index (χ0) is 17.7. The molecule has 0 amide bonds. The smallest absolute Gasteiger partial charge is 0.209 e. The van der Waals surface area contributed by atoms with E-state index in [1.54, 1.807) is 0 Å². The van der Waals surface area contributed by atoms with Gasteiger partial charge in [-0.3, -0.25) is 0 Å². The second-order valence-electron chi connectivity index (χ2n) is 7.49. The van der Waals surface area contributed by atoms with E-state index in [0.717, 1.165) is 37.0 Å². The fourth-order valence-electron chi connectivity index (χ4n) is 4.29. The third-order valence-corrected chi connectivity index (χ3v) is 6.01. The van der Waals surface area contributed by atoms with Crippen LogP contribution in [0.1, 0.15) is 12.8 Å². The van der Waals surface area contributed by atoms with Crippen LogP contribution in [0.25, 0.3) is 11.0 Å². The molecule has 3 aliphatic heterocycles. The van der Waals surface area contributed by atoms with E-state index in [9.17, 15) is 5.11 Å². The molecule has 25 heavy (non-hydrogen) atoms. The Kier molecular flexibility index (Phi) is 4.01. The third kappa shape index (κ3) is 3.03. The number of piperidine rings is 3. The Balaban J connectivity index is 1.41. The summed E-state index contributed by atoms with van der Waals surface area (Å²) in [4.78, 5) is 4.55. The summed E-state index contributed by atoms with van der Waals surface area (Å²) in [6, 6.07) is 7.93. The highest BCUT2D eigenvalue weighted by Gasteiger charge is 2.48. The molecule has 0 saturated carbocycles. The number of thiocarbonyl (C=S) groups is 1. The van der Waals surface area contributed by atoms with E-state index in [2.05, 4.69) is 15.6 Å². The first-order chi connectivity index (χ1) is 11.9. The van der Waals surface area contributed by atoms with Crippen LogP contribution in [0, 0.1) is 5.92 Å². The minimum absolute atomic E-state index is 0.294. The van der Waals surface area contributed by atoms with Crippen molar-refractivity contribution in [3.8, 4) is 0 Å². The molecular formula is C17H23BN5OS. The molecule has 3 radical (unpaired) electrons. The van der Waals surface area contributed by atoms with Crippen LogP contribution >= 0.6 is 12.2 Å². The number of aryl methyl sites for hydroxylation is 1. The van der Waals surface area contributed by atoms with Gasteiger partial charge in [0.05, 0.1) is 24.1 Å². The zero-order valence-electron chi connectivity index (χ0n) is 14.4. The van der Waals surface area contributed by atoms with Crippen LogP contribution in [0.3, 0.4) is 0 Å². The molecule has 5 rings (SSSR count). The monoisotopic (exact) mass is 356 g/mol. The van der Waals surface area contributed by atoms with Crippen LogP contribution in [-0.2, 0) is 7.05 Å². The Labute approximate surface area is 154 Å². The van der Waals surface area contributed by atoms with Gasteiger partial charge in [-0.25, -0.2) is 13.0 Å². The molecule has 8 heteroatoms. The number of imidazole rings is 1. The summed E-state index contributed by atoms with van der Waals surface area (Å²) in [7, 11) is 8.30. The van der Waals surface area contributed by atoms with E-state index in [1.807, 2.05) is 35.9 Å². The number of para-hydroxylation sites is 2. The normalized spacial score (nSPS) is 31.2. The predicted molar refractivity (Wildman–Crippen MR) is 103 cm³/mol. The number of quaternary nitrogens is 1. The lowest BCUT2D eigenvalue weighted by molar-refractivity contribution is -0.846. The predicted octanol–water partition coefficient (Wildman–Crippen LogP) is 0.915. The maximum Gasteiger partial charge on any atom is 0.209 e. The topological polar surface area (TPSA) is 62.1 Å². The van der Waals surface area contributed by atoms with Crippen molar-refractivity contribution in [3.05, 3.63) is 24.3 Å². The number of aliphatic hydroxyl groups is 1. The summed E-state index contributed by atoms with van der Waals surface area (Å²) in [6.45, 7) is 2.90. The van der Waals surface area contributed by atoms with Gasteiger partial charge in [0.1, 0.15) is 5.60 Å². The van der Waals surface area contributed by atoms with Crippen LogP contribution in [0.2, 0.25) is 0 Å². The molecule has 1 aromatic heterocycles. The molecule has 6 nitrogen and oxygen atoms in total. The Morgan fingerprint density at radius 3 is 2.84 bits per heavy atom. The van der Waals surface area contributed by atoms with E-state index >= 15 is 0 Å². The summed E-state index contributed by atoms with van der Waals surface area (Å²) >= 11 is 5.41. The molecule has 4 heterocycles. The second-order valence-corrected chi connectivity index (χ2v) is 7.90. The highest BCUT2D eigenvalue weighted by molar-refractivity contribution is 7.80. The van der Waals surface area contributed by atoms with Crippen LogP contribution in [0.4, 0.5) is 5.95 Å². The highest BCUT2D eigenvalue weighted by atomic mass is 32.1. The standard InChI is InChI=1S/C17H22BN5OS/c1-22-14-5-3-2-4-13(14)20-15(22)21-16(25)19-10-17(24)11-23(18)8-6-12(17)7-9-23/h2-5,12,24H,6-11H2,1H3,(H-,19,20,21,25)/q-1/p+1. The molecule has 0 spiro atoms. The number of rotatable bonds is 3. The average Bonchev–Trinajstić information content (AvgIpc) is 2.89. The fourth-order valence-corrected chi connectivity index (χ4v) is 4.45. The molecule has 1 atom stereocenters. The number of anilines is 1. The van der Waals surface area contributed by atoms with E-state index in [1.165, 1.54) is 0 Å². The van der Waals surface area contributed by atoms with Gasteiger partial charge in [0.2, 0.25) is 5.95 Å². The average molecular weight is 356 g/mol. The van der Waals surface area contributed by atoms with Crippen molar-refractivity contribution in [2.75, 3.05) is 31.5 Å². The van der Waals surface area contributed by atoms with Gasteiger partial charge >= 0.3 is 0 Å². The Morgan fingerprint density at radius 1 is 1.44 bits per heavy atom. The van der Waals surface area contributed by atoms with E-state index in [-0.39, 0.29) is 0 Å². The van der Waals surface area contributed by atoms with Crippen LogP contribution in [-0.4, -0.2) is 63.9 Å². The second kappa shape index (κ2) is 5.97. The molecule has 3 saturated heterocycles. The lowest BCUT2D eigenvalue weighted by Gasteiger charge is -2.64. The summed E-state index contributed by atoms with van der Waals surface area (Å²) in [5, 5.41) is 17.8. The van der Waals surface area contributed by atoms with Crippen molar-refractivity contribution >= 4 is 42.3 Å². The van der Waals surface area contributed by atoms with Gasteiger partial charge in [0, 0.05) is 26.1 Å². The number of fused-ring (bicyclic) bond motifs is 4. The molecule has 131 valence electrons. The van der Waals surface area contributed by atoms with Gasteiger partial charge in [-0.05, 0) is 37.2 Å². The Hall–Kier alpha value is -1.64. The number of hydrogen-bond acceptors (Lipinski definition) is 3. The van der Waals surface area contributed by atoms with Crippen LogP contribution in [0.15, 0.2) is 24.3 Å². The molecule has 3 aliphatic rings. The Bertz CT molecular complexity index is 816. The van der Waals surface area contributed by atoms with Gasteiger partial charge in [0.15, 0.2) is 5.11 Å². The summed E-state index contributed by atoms with van der Waals surface area (Å²) in [5.41, 5.74) is 1.16.